The predicted octanol–water partition coefficient (Wildman–Crippen LogP) is 1.81. The third-order valence-corrected chi connectivity index (χ3v) is 1.97. The zero-order chi connectivity index (χ0) is 10.7. The topological polar surface area (TPSA) is 86.2 Å². The highest BCUT2D eigenvalue weighted by molar-refractivity contribution is 6.32. The maximum atomic E-state index is 11.1. The van der Waals surface area contributed by atoms with Crippen molar-refractivity contribution in [3.05, 3.63) is 38.9 Å². The third-order valence-electron chi connectivity index (χ3n) is 1.65. The molecule has 0 aliphatic rings. The van der Waals surface area contributed by atoms with E-state index in [1.54, 1.807) is 0 Å². The van der Waals surface area contributed by atoms with E-state index < -0.39 is 4.92 Å². The molecule has 0 amide bonds. The van der Waals surface area contributed by atoms with E-state index >= 15 is 0 Å². The van der Waals surface area contributed by atoms with Gasteiger partial charge in [0.1, 0.15) is 5.02 Å². The Morgan fingerprint density at radius 3 is 2.60 bits per heavy atom. The van der Waals surface area contributed by atoms with E-state index in [0.717, 1.165) is 6.07 Å². The molecule has 7 heteroatoms. The molecule has 15 heavy (non-hydrogen) atoms. The minimum absolute atomic E-state index is 0. The van der Waals surface area contributed by atoms with Crippen LogP contribution in [-0.4, -0.2) is 17.3 Å². The Labute approximate surface area is 96.8 Å². The summed E-state index contributed by atoms with van der Waals surface area (Å²) in [4.78, 5) is 20.9. The molecule has 0 fully saturated rings. The number of carbonyl (C=O) groups excluding carboxylic acids is 1. The van der Waals surface area contributed by atoms with Gasteiger partial charge in [-0.1, -0.05) is 11.6 Å². The summed E-state index contributed by atoms with van der Waals surface area (Å²) < 4.78 is 0. The van der Waals surface area contributed by atoms with Gasteiger partial charge in [-0.2, -0.15) is 0 Å². The first-order valence-corrected chi connectivity index (χ1v) is 4.11. The normalized spacial score (nSPS) is 9.20. The summed E-state index contributed by atoms with van der Waals surface area (Å²) in [7, 11) is 0. The number of halogens is 2. The Morgan fingerprint density at radius 1 is 1.53 bits per heavy atom. The number of nitro benzene ring substituents is 1. The molecule has 1 rings (SSSR count). The molecular weight excluding hydrogens is 243 g/mol. The summed E-state index contributed by atoms with van der Waals surface area (Å²) in [6, 6.07) is 3.84. The number of carbonyl (C=O) groups is 1. The molecule has 1 aromatic carbocycles. The van der Waals surface area contributed by atoms with E-state index in [2.05, 4.69) is 0 Å². The van der Waals surface area contributed by atoms with Gasteiger partial charge in [-0.15, -0.1) is 12.4 Å². The molecule has 0 spiro atoms. The van der Waals surface area contributed by atoms with Crippen LogP contribution >= 0.6 is 24.0 Å². The fraction of sp³-hybridized carbons (Fsp3) is 0.125. The molecule has 0 radical (unpaired) electrons. The summed E-state index contributed by atoms with van der Waals surface area (Å²) in [5.41, 5.74) is 5.03. The fourth-order valence-electron chi connectivity index (χ4n) is 0.944. The smallest absolute Gasteiger partial charge is 0.288 e. The molecule has 0 heterocycles. The number of ketones is 1. The second-order valence-corrected chi connectivity index (χ2v) is 2.96. The summed E-state index contributed by atoms with van der Waals surface area (Å²) in [5, 5.41) is 10.5. The Balaban J connectivity index is 0.00000196. The standard InChI is InChI=1S/C8H7ClN2O3.ClH/c9-6-2-1-5(8(12)4-10)3-7(6)11(13)14;/h1-3H,4,10H2;1H. The molecule has 0 aliphatic carbocycles. The van der Waals surface area contributed by atoms with Crippen LogP contribution in [0.4, 0.5) is 5.69 Å². The van der Waals surface area contributed by atoms with Crippen molar-refractivity contribution in [2.45, 2.75) is 0 Å². The predicted molar refractivity (Wildman–Crippen MR) is 58.7 cm³/mol. The van der Waals surface area contributed by atoms with Crippen LogP contribution in [-0.2, 0) is 0 Å². The van der Waals surface area contributed by atoms with Gasteiger partial charge in [-0.3, -0.25) is 14.9 Å². The second kappa shape index (κ2) is 5.65. The maximum absolute atomic E-state index is 11.1. The molecule has 5 nitrogen and oxygen atoms in total. The molecular formula is C8H8Cl2N2O3. The van der Waals surface area contributed by atoms with Crippen molar-refractivity contribution in [3.63, 3.8) is 0 Å². The molecule has 0 saturated carbocycles. The van der Waals surface area contributed by atoms with Crippen LogP contribution in [0.2, 0.25) is 5.02 Å². The van der Waals surface area contributed by atoms with Crippen LogP contribution in [0.3, 0.4) is 0 Å². The Bertz CT molecular complexity index is 395. The molecule has 0 saturated heterocycles. The van der Waals surface area contributed by atoms with Crippen LogP contribution in [0.1, 0.15) is 10.4 Å². The van der Waals surface area contributed by atoms with E-state index in [0.29, 0.717) is 0 Å². The molecule has 0 atom stereocenters. The highest BCUT2D eigenvalue weighted by atomic mass is 35.5. The van der Waals surface area contributed by atoms with Crippen LogP contribution in [0, 0.1) is 10.1 Å². The van der Waals surface area contributed by atoms with Gasteiger partial charge >= 0.3 is 0 Å². The first-order valence-electron chi connectivity index (χ1n) is 3.73. The molecule has 0 bridgehead atoms. The van der Waals surface area contributed by atoms with Crippen molar-refractivity contribution in [2.75, 3.05) is 6.54 Å². The van der Waals surface area contributed by atoms with Gasteiger partial charge in [0.2, 0.25) is 0 Å². The Morgan fingerprint density at radius 2 is 2.13 bits per heavy atom. The number of nitrogens with zero attached hydrogens (tertiary/aromatic N) is 1. The number of nitrogens with two attached hydrogens (primary N) is 1. The summed E-state index contributed by atoms with van der Waals surface area (Å²) >= 11 is 5.55. The van der Waals surface area contributed by atoms with Crippen molar-refractivity contribution < 1.29 is 9.72 Å². The lowest BCUT2D eigenvalue weighted by Gasteiger charge is -1.99. The van der Waals surface area contributed by atoms with Crippen molar-refractivity contribution in [3.8, 4) is 0 Å². The van der Waals surface area contributed by atoms with E-state index in [-0.39, 0.29) is 41.0 Å². The number of Topliss-reactive ketones (excluding diaryl/α,β-unsaturated/α-hetero) is 1. The minimum Gasteiger partial charge on any atom is -0.324 e. The number of hydrogen-bond acceptors (Lipinski definition) is 4. The number of hydrogen-bond donors (Lipinski definition) is 1. The average Bonchev–Trinajstić information content (AvgIpc) is 2.17. The van der Waals surface area contributed by atoms with Gasteiger partial charge in [0.25, 0.3) is 5.69 Å². The van der Waals surface area contributed by atoms with E-state index in [1.807, 2.05) is 0 Å². The molecule has 0 aromatic heterocycles. The van der Waals surface area contributed by atoms with Gasteiger partial charge in [-0.25, -0.2) is 0 Å². The zero-order valence-corrected chi connectivity index (χ0v) is 9.05. The Hall–Kier alpha value is -1.17. The van der Waals surface area contributed by atoms with Gasteiger partial charge < -0.3 is 5.73 Å². The second-order valence-electron chi connectivity index (χ2n) is 2.55. The maximum Gasteiger partial charge on any atom is 0.288 e. The lowest BCUT2D eigenvalue weighted by molar-refractivity contribution is -0.384. The molecule has 1 aromatic rings. The van der Waals surface area contributed by atoms with Crippen LogP contribution < -0.4 is 5.73 Å². The fourth-order valence-corrected chi connectivity index (χ4v) is 1.13. The van der Waals surface area contributed by atoms with Crippen LogP contribution in [0.5, 0.6) is 0 Å². The average molecular weight is 251 g/mol. The van der Waals surface area contributed by atoms with Gasteiger partial charge in [0, 0.05) is 11.6 Å². The van der Waals surface area contributed by atoms with E-state index in [1.165, 1.54) is 12.1 Å². The molecule has 82 valence electrons. The lowest BCUT2D eigenvalue weighted by Crippen LogP contribution is -2.13. The van der Waals surface area contributed by atoms with E-state index in [4.69, 9.17) is 17.3 Å². The van der Waals surface area contributed by atoms with Gasteiger partial charge in [-0.05, 0) is 12.1 Å². The number of benzene rings is 1. The zero-order valence-electron chi connectivity index (χ0n) is 7.47. The lowest BCUT2D eigenvalue weighted by atomic mass is 10.1. The van der Waals surface area contributed by atoms with Gasteiger partial charge in [0.15, 0.2) is 5.78 Å². The third kappa shape index (κ3) is 3.16. The quantitative estimate of drug-likeness (QED) is 0.504. The largest absolute Gasteiger partial charge is 0.324 e. The van der Waals surface area contributed by atoms with Crippen molar-refractivity contribution in [1.29, 1.82) is 0 Å². The van der Waals surface area contributed by atoms with Crippen molar-refractivity contribution in [2.24, 2.45) is 5.73 Å². The summed E-state index contributed by atoms with van der Waals surface area (Å²) in [5.74, 6) is -0.357. The van der Waals surface area contributed by atoms with Crippen molar-refractivity contribution >= 4 is 35.5 Å². The number of rotatable bonds is 3. The van der Waals surface area contributed by atoms with Crippen LogP contribution in [0.15, 0.2) is 18.2 Å². The highest BCUT2D eigenvalue weighted by Gasteiger charge is 2.15. The first kappa shape index (κ1) is 13.8. The molecule has 0 unspecified atom stereocenters. The summed E-state index contributed by atoms with van der Waals surface area (Å²) in [6.07, 6.45) is 0. The Kier molecular flexibility index (Phi) is 5.21. The first-order chi connectivity index (χ1) is 6.56. The van der Waals surface area contributed by atoms with E-state index in [9.17, 15) is 14.9 Å². The highest BCUT2D eigenvalue weighted by Crippen LogP contribution is 2.24. The number of nitro groups is 1. The molecule has 0 aliphatic heterocycles. The van der Waals surface area contributed by atoms with Crippen molar-refractivity contribution in [1.82, 2.24) is 0 Å². The minimum atomic E-state index is -0.643. The summed E-state index contributed by atoms with van der Waals surface area (Å²) in [6.45, 7) is -0.182. The van der Waals surface area contributed by atoms with Gasteiger partial charge in [0.05, 0.1) is 11.5 Å². The van der Waals surface area contributed by atoms with Crippen LogP contribution in [0.25, 0.3) is 0 Å². The monoisotopic (exact) mass is 250 g/mol. The SMILES string of the molecule is Cl.NCC(=O)c1ccc(Cl)c([N+](=O)[O-])c1. The molecule has 2 N–H and O–H groups in total.